The van der Waals surface area contributed by atoms with Gasteiger partial charge in [0.15, 0.2) is 14.1 Å². The summed E-state index contributed by atoms with van der Waals surface area (Å²) in [5.74, 6) is 2.85. The third-order valence-electron chi connectivity index (χ3n) is 8.37. The van der Waals surface area contributed by atoms with Crippen molar-refractivity contribution < 1.29 is 9.22 Å². The van der Waals surface area contributed by atoms with E-state index in [9.17, 15) is 4.79 Å². The van der Waals surface area contributed by atoms with E-state index in [0.29, 0.717) is 22.7 Å². The highest BCUT2D eigenvalue weighted by Gasteiger charge is 2.59. The molecule has 140 valence electrons. The number of carbonyl (C=O) groups excluding carboxylic acids is 1. The molecule has 0 heterocycles. The largest absolute Gasteiger partial charge is 0.414 e. The highest BCUT2D eigenvalue weighted by molar-refractivity contribution is 6.69. The first-order chi connectivity index (χ1) is 11.6. The molecule has 4 aliphatic rings. The van der Waals surface area contributed by atoms with Crippen LogP contribution in [0.5, 0.6) is 0 Å². The smallest absolute Gasteiger partial charge is 0.184 e. The van der Waals surface area contributed by atoms with Gasteiger partial charge in [-0.05, 0) is 99.2 Å². The van der Waals surface area contributed by atoms with Gasteiger partial charge < -0.3 is 4.43 Å². The minimum atomic E-state index is -1.49. The summed E-state index contributed by atoms with van der Waals surface area (Å²) in [7, 11) is -1.49. The molecular weight excluding hydrogens is 324 g/mol. The fourth-order valence-electron chi connectivity index (χ4n) is 7.13. The molecule has 0 saturated heterocycles. The quantitative estimate of drug-likeness (QED) is 0.587. The van der Waals surface area contributed by atoms with Crippen molar-refractivity contribution in [3.63, 3.8) is 0 Å². The summed E-state index contributed by atoms with van der Waals surface area (Å²) in [6.07, 6.45) is 12.1. The third-order valence-corrected chi connectivity index (χ3v) is 9.36. The second-order valence-corrected chi connectivity index (χ2v) is 15.3. The molecule has 2 nitrogen and oxygen atoms in total. The van der Waals surface area contributed by atoms with E-state index < -0.39 is 8.32 Å². The Morgan fingerprint density at radius 2 is 1.76 bits per heavy atom. The zero-order valence-electron chi connectivity index (χ0n) is 16.9. The fourth-order valence-corrected chi connectivity index (χ4v) is 8.37. The van der Waals surface area contributed by atoms with E-state index in [-0.39, 0.29) is 0 Å². The molecule has 0 bridgehead atoms. The van der Waals surface area contributed by atoms with Gasteiger partial charge >= 0.3 is 0 Å². The summed E-state index contributed by atoms with van der Waals surface area (Å²) < 4.78 is 6.68. The number of hydrogen-bond donors (Lipinski definition) is 0. The number of carbonyl (C=O) groups is 1. The van der Waals surface area contributed by atoms with Gasteiger partial charge in [0, 0.05) is 6.42 Å². The van der Waals surface area contributed by atoms with Crippen molar-refractivity contribution in [3.05, 3.63) is 11.6 Å². The van der Waals surface area contributed by atoms with E-state index in [1.807, 2.05) is 6.08 Å². The van der Waals surface area contributed by atoms with Gasteiger partial charge in [-0.15, -0.1) is 0 Å². The summed E-state index contributed by atoms with van der Waals surface area (Å²) >= 11 is 0. The molecule has 3 fully saturated rings. The average Bonchev–Trinajstić information content (AvgIpc) is 2.83. The Morgan fingerprint density at radius 1 is 1.00 bits per heavy atom. The van der Waals surface area contributed by atoms with Crippen LogP contribution in [0.3, 0.4) is 0 Å². The number of fused-ring (bicyclic) bond motifs is 5. The maximum absolute atomic E-state index is 11.9. The van der Waals surface area contributed by atoms with Crippen LogP contribution in [0.15, 0.2) is 11.6 Å². The molecule has 0 spiro atoms. The van der Waals surface area contributed by atoms with Crippen LogP contribution >= 0.6 is 0 Å². The van der Waals surface area contributed by atoms with Crippen LogP contribution in [0.4, 0.5) is 0 Å². The molecule has 4 rings (SSSR count). The number of ketones is 1. The van der Waals surface area contributed by atoms with Gasteiger partial charge in [0.25, 0.3) is 0 Å². The standard InChI is InChI=1S/C22H36O2Si/c1-21-12-10-16(23)14-15(21)6-7-17-18-8-9-20(24-25(3,4)5)22(18,2)13-11-19(17)21/h14,17-20H,6-13H2,1-5H3/t17-,18-,19-,20-,21-,22-/m1/s1. The molecule has 3 saturated carbocycles. The zero-order chi connectivity index (χ0) is 18.0. The van der Waals surface area contributed by atoms with Crippen molar-refractivity contribution in [1.82, 2.24) is 0 Å². The lowest BCUT2D eigenvalue weighted by Gasteiger charge is -2.58. The highest BCUT2D eigenvalue weighted by Crippen LogP contribution is 2.65. The highest BCUT2D eigenvalue weighted by atomic mass is 28.4. The number of rotatable bonds is 2. The zero-order valence-corrected chi connectivity index (χ0v) is 17.9. The summed E-state index contributed by atoms with van der Waals surface area (Å²) in [6.45, 7) is 12.0. The van der Waals surface area contributed by atoms with Crippen LogP contribution in [0, 0.1) is 28.6 Å². The Morgan fingerprint density at radius 3 is 2.48 bits per heavy atom. The summed E-state index contributed by atoms with van der Waals surface area (Å²) in [5.41, 5.74) is 2.18. The Kier molecular flexibility index (Phi) is 4.16. The fraction of sp³-hybridized carbons (Fsp3) is 0.864. The van der Waals surface area contributed by atoms with Gasteiger partial charge in [0.05, 0.1) is 6.10 Å². The van der Waals surface area contributed by atoms with Crippen molar-refractivity contribution in [2.45, 2.75) is 91.0 Å². The van der Waals surface area contributed by atoms with E-state index in [2.05, 4.69) is 33.5 Å². The molecule has 25 heavy (non-hydrogen) atoms. The van der Waals surface area contributed by atoms with Crippen LogP contribution in [0.25, 0.3) is 0 Å². The van der Waals surface area contributed by atoms with Crippen LogP contribution in [0.2, 0.25) is 19.6 Å². The lowest BCUT2D eigenvalue weighted by Crippen LogP contribution is -2.52. The van der Waals surface area contributed by atoms with Crippen molar-refractivity contribution in [2.75, 3.05) is 0 Å². The first kappa shape index (κ1) is 18.0. The van der Waals surface area contributed by atoms with E-state index >= 15 is 0 Å². The first-order valence-electron chi connectivity index (χ1n) is 10.6. The lowest BCUT2D eigenvalue weighted by atomic mass is 9.47. The normalized spacial score (nSPS) is 46.9. The minimum Gasteiger partial charge on any atom is -0.414 e. The maximum Gasteiger partial charge on any atom is 0.184 e. The Labute approximate surface area is 154 Å². The number of allylic oxidation sites excluding steroid dienone is 1. The average molecular weight is 361 g/mol. The van der Waals surface area contributed by atoms with Crippen LogP contribution in [-0.2, 0) is 9.22 Å². The number of hydrogen-bond acceptors (Lipinski definition) is 2. The molecule has 0 amide bonds. The Bertz CT molecular complexity index is 604. The third kappa shape index (κ3) is 2.81. The molecule has 0 aromatic carbocycles. The van der Waals surface area contributed by atoms with Crippen molar-refractivity contribution in [3.8, 4) is 0 Å². The summed E-state index contributed by atoms with van der Waals surface area (Å²) in [4.78, 5) is 11.9. The SMILES string of the molecule is C[C@@]12CC[C@@H]3[C@H](CCC4=CC(=O)CC[C@]43C)[C@H]1CC[C@H]2O[Si](C)(C)C. The van der Waals surface area contributed by atoms with Crippen molar-refractivity contribution in [2.24, 2.45) is 28.6 Å². The van der Waals surface area contributed by atoms with E-state index in [4.69, 9.17) is 4.43 Å². The summed E-state index contributed by atoms with van der Waals surface area (Å²) in [5, 5.41) is 0. The molecule has 0 unspecified atom stereocenters. The maximum atomic E-state index is 11.9. The predicted octanol–water partition coefficient (Wildman–Crippen LogP) is 5.74. The molecular formula is C22H36O2Si. The molecule has 0 aliphatic heterocycles. The van der Waals surface area contributed by atoms with E-state index in [1.165, 1.54) is 37.7 Å². The van der Waals surface area contributed by atoms with Gasteiger partial charge in [0.2, 0.25) is 0 Å². The van der Waals surface area contributed by atoms with Crippen molar-refractivity contribution in [1.29, 1.82) is 0 Å². The molecule has 6 atom stereocenters. The second kappa shape index (κ2) is 5.79. The predicted molar refractivity (Wildman–Crippen MR) is 105 cm³/mol. The lowest BCUT2D eigenvalue weighted by molar-refractivity contribution is -0.117. The Hall–Kier alpha value is -0.413. The van der Waals surface area contributed by atoms with Crippen LogP contribution < -0.4 is 0 Å². The van der Waals surface area contributed by atoms with Crippen LogP contribution in [0.1, 0.15) is 65.2 Å². The molecule has 0 radical (unpaired) electrons. The van der Waals surface area contributed by atoms with Crippen molar-refractivity contribution >= 4 is 14.1 Å². The Balaban J connectivity index is 1.60. The van der Waals surface area contributed by atoms with E-state index in [1.54, 1.807) is 0 Å². The van der Waals surface area contributed by atoms with Crippen LogP contribution in [-0.4, -0.2) is 20.2 Å². The van der Waals surface area contributed by atoms with E-state index in [0.717, 1.165) is 37.0 Å². The molecule has 4 aliphatic carbocycles. The molecule has 0 aromatic rings. The second-order valence-electron chi connectivity index (χ2n) is 10.8. The topological polar surface area (TPSA) is 26.3 Å². The van der Waals surface area contributed by atoms with Gasteiger partial charge in [-0.2, -0.15) is 0 Å². The van der Waals surface area contributed by atoms with Gasteiger partial charge in [-0.3, -0.25) is 4.79 Å². The summed E-state index contributed by atoms with van der Waals surface area (Å²) in [6, 6.07) is 0. The molecule has 0 N–H and O–H groups in total. The van der Waals surface area contributed by atoms with Gasteiger partial charge in [-0.1, -0.05) is 19.4 Å². The minimum absolute atomic E-state index is 0.301. The molecule has 3 heteroatoms. The molecule has 0 aromatic heterocycles. The first-order valence-corrected chi connectivity index (χ1v) is 14.0. The monoisotopic (exact) mass is 360 g/mol. The van der Waals surface area contributed by atoms with Gasteiger partial charge in [0.1, 0.15) is 0 Å². The van der Waals surface area contributed by atoms with Gasteiger partial charge in [-0.25, -0.2) is 0 Å².